The van der Waals surface area contributed by atoms with E-state index in [1.54, 1.807) is 12.0 Å². The molecule has 0 spiro atoms. The van der Waals surface area contributed by atoms with Crippen molar-refractivity contribution in [3.63, 3.8) is 0 Å². The number of rotatable bonds is 7. The first-order chi connectivity index (χ1) is 14.5. The Labute approximate surface area is 179 Å². The molecule has 1 aliphatic rings. The summed E-state index contributed by atoms with van der Waals surface area (Å²) in [6.07, 6.45) is 0.114. The number of nitrogens with zero attached hydrogens (tertiary/aromatic N) is 3. The van der Waals surface area contributed by atoms with Gasteiger partial charge in [-0.15, -0.1) is 0 Å². The normalized spacial score (nSPS) is 15.4. The van der Waals surface area contributed by atoms with Gasteiger partial charge in [0.1, 0.15) is 12.4 Å². The summed E-state index contributed by atoms with van der Waals surface area (Å²) in [5, 5.41) is 0.657. The van der Waals surface area contributed by atoms with E-state index in [1.807, 2.05) is 56.6 Å². The number of amides is 1. The number of thiazole rings is 1. The van der Waals surface area contributed by atoms with E-state index in [2.05, 4.69) is 4.90 Å². The van der Waals surface area contributed by atoms with E-state index in [9.17, 15) is 4.79 Å². The molecule has 1 amide bonds. The van der Waals surface area contributed by atoms with Gasteiger partial charge in [0.25, 0.3) is 5.91 Å². The zero-order valence-electron chi connectivity index (χ0n) is 17.3. The van der Waals surface area contributed by atoms with Crippen molar-refractivity contribution in [2.45, 2.75) is 12.5 Å². The number of benzene rings is 2. The van der Waals surface area contributed by atoms with E-state index in [0.717, 1.165) is 28.9 Å². The molecule has 158 valence electrons. The average molecular weight is 428 g/mol. The Morgan fingerprint density at radius 3 is 2.77 bits per heavy atom. The Hall–Kier alpha value is -2.84. The second-order valence-electron chi connectivity index (χ2n) is 7.34. The van der Waals surface area contributed by atoms with Gasteiger partial charge in [0.2, 0.25) is 6.10 Å². The minimum atomic E-state index is -0.708. The highest BCUT2D eigenvalue weighted by Crippen LogP contribution is 2.34. The molecule has 4 rings (SSSR count). The lowest BCUT2D eigenvalue weighted by Crippen LogP contribution is -2.47. The van der Waals surface area contributed by atoms with Gasteiger partial charge in [0, 0.05) is 12.6 Å². The maximum atomic E-state index is 13.4. The fourth-order valence-corrected chi connectivity index (χ4v) is 4.28. The van der Waals surface area contributed by atoms with Crippen LogP contribution in [0.5, 0.6) is 17.2 Å². The number of carbonyl (C=O) groups is 1. The van der Waals surface area contributed by atoms with E-state index in [1.165, 1.54) is 11.3 Å². The molecule has 30 heavy (non-hydrogen) atoms. The predicted molar refractivity (Wildman–Crippen MR) is 118 cm³/mol. The van der Waals surface area contributed by atoms with Gasteiger partial charge in [-0.3, -0.25) is 9.69 Å². The van der Waals surface area contributed by atoms with Crippen molar-refractivity contribution in [2.75, 3.05) is 45.8 Å². The van der Waals surface area contributed by atoms with E-state index in [4.69, 9.17) is 19.2 Å². The Balaban J connectivity index is 1.60. The molecule has 0 saturated carbocycles. The van der Waals surface area contributed by atoms with E-state index in [0.29, 0.717) is 23.2 Å². The van der Waals surface area contributed by atoms with Crippen LogP contribution in [0.2, 0.25) is 0 Å². The second kappa shape index (κ2) is 8.89. The standard InChI is InChI=1S/C22H25N3O4S/c1-24(2)11-6-12-25(22-23-16-13-15(27-3)9-10-20(16)30-22)21(26)19-14-28-17-7-4-5-8-18(17)29-19/h4-5,7-10,13,19H,6,11-12,14H2,1-3H3. The smallest absolute Gasteiger partial charge is 0.273 e. The molecule has 0 radical (unpaired) electrons. The van der Waals surface area contributed by atoms with Gasteiger partial charge in [-0.05, 0) is 51.3 Å². The minimum Gasteiger partial charge on any atom is -0.497 e. The van der Waals surface area contributed by atoms with E-state index in [-0.39, 0.29) is 12.5 Å². The van der Waals surface area contributed by atoms with Crippen LogP contribution in [-0.2, 0) is 4.79 Å². The quantitative estimate of drug-likeness (QED) is 0.576. The molecule has 7 nitrogen and oxygen atoms in total. The van der Waals surface area contributed by atoms with Crippen LogP contribution < -0.4 is 19.1 Å². The van der Waals surface area contributed by atoms with Gasteiger partial charge in [-0.2, -0.15) is 0 Å². The SMILES string of the molecule is COc1ccc2sc(N(CCCN(C)C)C(=O)C3COc4ccccc4O3)nc2c1. The van der Waals surface area contributed by atoms with Crippen molar-refractivity contribution in [1.82, 2.24) is 9.88 Å². The van der Waals surface area contributed by atoms with Crippen molar-refractivity contribution in [2.24, 2.45) is 0 Å². The van der Waals surface area contributed by atoms with Crippen LogP contribution in [0.4, 0.5) is 5.13 Å². The van der Waals surface area contributed by atoms with Gasteiger partial charge in [-0.25, -0.2) is 4.98 Å². The van der Waals surface area contributed by atoms with E-state index >= 15 is 0 Å². The lowest BCUT2D eigenvalue weighted by Gasteiger charge is -2.29. The fraction of sp³-hybridized carbons (Fsp3) is 0.364. The molecule has 2 aromatic carbocycles. The summed E-state index contributed by atoms with van der Waals surface area (Å²) in [6, 6.07) is 13.2. The molecule has 1 unspecified atom stereocenters. The minimum absolute atomic E-state index is 0.144. The molecular weight excluding hydrogens is 402 g/mol. The molecule has 8 heteroatoms. The van der Waals surface area contributed by atoms with Crippen molar-refractivity contribution in [1.29, 1.82) is 0 Å². The van der Waals surface area contributed by atoms with Gasteiger partial charge in [0.15, 0.2) is 16.6 Å². The summed E-state index contributed by atoms with van der Waals surface area (Å²) in [6.45, 7) is 1.60. The fourth-order valence-electron chi connectivity index (χ4n) is 3.30. The number of ether oxygens (including phenoxy) is 3. The molecular formula is C22H25N3O4S. The first kappa shape index (κ1) is 20.4. The summed E-state index contributed by atoms with van der Waals surface area (Å²) >= 11 is 1.49. The second-order valence-corrected chi connectivity index (χ2v) is 8.35. The number of hydrogen-bond donors (Lipinski definition) is 0. The number of fused-ring (bicyclic) bond motifs is 2. The van der Waals surface area contributed by atoms with Gasteiger partial charge < -0.3 is 19.1 Å². The molecule has 1 atom stereocenters. The maximum Gasteiger partial charge on any atom is 0.273 e. The first-order valence-electron chi connectivity index (χ1n) is 9.84. The largest absolute Gasteiger partial charge is 0.497 e. The summed E-state index contributed by atoms with van der Waals surface area (Å²) < 4.78 is 18.0. The van der Waals surface area contributed by atoms with Crippen molar-refractivity contribution >= 4 is 32.6 Å². The number of para-hydroxylation sites is 2. The first-order valence-corrected chi connectivity index (χ1v) is 10.7. The van der Waals surface area contributed by atoms with Gasteiger partial charge >= 0.3 is 0 Å². The summed E-state index contributed by atoms with van der Waals surface area (Å²) in [5.74, 6) is 1.84. The third kappa shape index (κ3) is 4.34. The Morgan fingerprint density at radius 2 is 2.00 bits per heavy atom. The van der Waals surface area contributed by atoms with Crippen molar-refractivity contribution in [3.8, 4) is 17.2 Å². The van der Waals surface area contributed by atoms with Crippen LogP contribution in [0.1, 0.15) is 6.42 Å². The maximum absolute atomic E-state index is 13.4. The molecule has 1 aromatic heterocycles. The lowest BCUT2D eigenvalue weighted by atomic mass is 10.2. The van der Waals surface area contributed by atoms with E-state index < -0.39 is 6.10 Å². The molecule has 0 saturated heterocycles. The monoisotopic (exact) mass is 427 g/mol. The third-order valence-electron chi connectivity index (χ3n) is 4.85. The highest BCUT2D eigenvalue weighted by atomic mass is 32.1. The predicted octanol–water partition coefficient (Wildman–Crippen LogP) is 3.43. The zero-order valence-corrected chi connectivity index (χ0v) is 18.1. The number of methoxy groups -OCH3 is 1. The van der Waals surface area contributed by atoms with Gasteiger partial charge in [-0.1, -0.05) is 23.5 Å². The molecule has 0 bridgehead atoms. The summed E-state index contributed by atoms with van der Waals surface area (Å²) in [5.41, 5.74) is 0.811. The molecule has 1 aliphatic heterocycles. The number of carbonyl (C=O) groups excluding carboxylic acids is 1. The van der Waals surface area contributed by atoms with Crippen LogP contribution in [-0.4, -0.2) is 62.8 Å². The van der Waals surface area contributed by atoms with Crippen molar-refractivity contribution in [3.05, 3.63) is 42.5 Å². The Kier molecular flexibility index (Phi) is 6.06. The molecule has 3 aromatic rings. The Morgan fingerprint density at radius 1 is 1.20 bits per heavy atom. The molecule has 2 heterocycles. The summed E-state index contributed by atoms with van der Waals surface area (Å²) in [7, 11) is 5.67. The average Bonchev–Trinajstić information content (AvgIpc) is 3.18. The van der Waals surface area contributed by atoms with Crippen LogP contribution in [0.15, 0.2) is 42.5 Å². The van der Waals surface area contributed by atoms with Crippen molar-refractivity contribution < 1.29 is 19.0 Å². The van der Waals surface area contributed by atoms with Crippen LogP contribution >= 0.6 is 11.3 Å². The lowest BCUT2D eigenvalue weighted by molar-refractivity contribution is -0.127. The molecule has 0 aliphatic carbocycles. The number of aromatic nitrogens is 1. The van der Waals surface area contributed by atoms with Crippen LogP contribution in [0.25, 0.3) is 10.2 Å². The highest BCUT2D eigenvalue weighted by molar-refractivity contribution is 7.22. The molecule has 0 fully saturated rings. The van der Waals surface area contributed by atoms with Gasteiger partial charge in [0.05, 0.1) is 17.3 Å². The number of hydrogen-bond acceptors (Lipinski definition) is 7. The van der Waals surface area contributed by atoms with Crippen LogP contribution in [0.3, 0.4) is 0 Å². The Bertz CT molecular complexity index is 1040. The summed E-state index contributed by atoms with van der Waals surface area (Å²) in [4.78, 5) is 22.0. The zero-order chi connectivity index (χ0) is 21.1. The topological polar surface area (TPSA) is 64.1 Å². The highest BCUT2D eigenvalue weighted by Gasteiger charge is 2.33. The van der Waals surface area contributed by atoms with Crippen LogP contribution in [0, 0.1) is 0 Å². The third-order valence-corrected chi connectivity index (χ3v) is 5.91. The number of anilines is 1. The molecule has 0 N–H and O–H groups in total.